The molecule has 0 fully saturated rings. The van der Waals surface area contributed by atoms with Gasteiger partial charge < -0.3 is 0 Å². The van der Waals surface area contributed by atoms with Crippen molar-refractivity contribution in [3.63, 3.8) is 0 Å². The number of nitrogens with zero attached hydrogens (tertiary/aromatic N) is 1. The minimum Gasteiger partial charge on any atom is -0.258 e. The molecule has 4 heteroatoms. The van der Waals surface area contributed by atoms with Gasteiger partial charge in [-0.05, 0) is 36.6 Å². The fraction of sp³-hybridized carbons (Fsp3) is 0.143. The third-order valence-electron chi connectivity index (χ3n) is 2.79. The summed E-state index contributed by atoms with van der Waals surface area (Å²) in [7, 11) is 0. The van der Waals surface area contributed by atoms with Crippen LogP contribution in [-0.2, 0) is 6.42 Å². The van der Waals surface area contributed by atoms with Gasteiger partial charge in [0.25, 0.3) is 5.69 Å². The number of nitro benzene ring substituents is 1. The van der Waals surface area contributed by atoms with Gasteiger partial charge in [0.15, 0.2) is 0 Å². The lowest BCUT2D eigenvalue weighted by Gasteiger charge is -2.04. The average Bonchev–Trinajstić information content (AvgIpc) is 2.34. The Kier molecular flexibility index (Phi) is 3.77. The Labute approximate surface area is 114 Å². The third kappa shape index (κ3) is 2.96. The monoisotopic (exact) mass is 305 g/mol. The Morgan fingerprint density at radius 2 is 1.72 bits per heavy atom. The highest BCUT2D eigenvalue weighted by Crippen LogP contribution is 2.21. The molecule has 0 bridgehead atoms. The summed E-state index contributed by atoms with van der Waals surface area (Å²) < 4.78 is 1.03. The van der Waals surface area contributed by atoms with E-state index in [1.807, 2.05) is 30.3 Å². The van der Waals surface area contributed by atoms with Crippen LogP contribution in [0.15, 0.2) is 46.9 Å². The predicted octanol–water partition coefficient (Wildman–Crippen LogP) is 4.26. The summed E-state index contributed by atoms with van der Waals surface area (Å²) in [5.74, 6) is 0. The fourth-order valence-electron chi connectivity index (χ4n) is 1.80. The van der Waals surface area contributed by atoms with Gasteiger partial charge in [-0.1, -0.05) is 40.2 Å². The first-order valence-electron chi connectivity index (χ1n) is 5.54. The molecule has 0 amide bonds. The minimum absolute atomic E-state index is 0.185. The molecule has 3 nitrogen and oxygen atoms in total. The molecule has 2 aromatic rings. The zero-order valence-corrected chi connectivity index (χ0v) is 11.5. The first-order chi connectivity index (χ1) is 8.56. The second-order valence-electron chi connectivity index (χ2n) is 4.18. The van der Waals surface area contributed by atoms with Gasteiger partial charge in [-0.2, -0.15) is 0 Å². The number of benzene rings is 2. The second kappa shape index (κ2) is 5.31. The SMILES string of the molecule is Cc1ccc(Cc2ccc(Br)cc2)cc1[N+](=O)[O-]. The van der Waals surface area contributed by atoms with Crippen molar-refractivity contribution >= 4 is 21.6 Å². The standard InChI is InChI=1S/C14H12BrNO2/c1-10-2-3-12(9-14(10)16(17)18)8-11-4-6-13(15)7-5-11/h2-7,9H,8H2,1H3. The van der Waals surface area contributed by atoms with Gasteiger partial charge in [-0.3, -0.25) is 10.1 Å². The number of hydrogen-bond donors (Lipinski definition) is 0. The minimum atomic E-state index is -0.333. The van der Waals surface area contributed by atoms with Crippen molar-refractivity contribution < 1.29 is 4.92 Å². The molecule has 92 valence electrons. The molecule has 0 saturated heterocycles. The normalized spacial score (nSPS) is 10.3. The Morgan fingerprint density at radius 1 is 1.11 bits per heavy atom. The summed E-state index contributed by atoms with van der Waals surface area (Å²) >= 11 is 3.38. The molecule has 0 atom stereocenters. The molecule has 0 saturated carbocycles. The average molecular weight is 306 g/mol. The Morgan fingerprint density at radius 3 is 2.33 bits per heavy atom. The van der Waals surface area contributed by atoms with Crippen molar-refractivity contribution in [3.05, 3.63) is 73.7 Å². The van der Waals surface area contributed by atoms with E-state index in [0.717, 1.165) is 15.6 Å². The van der Waals surface area contributed by atoms with Crippen molar-refractivity contribution in [1.82, 2.24) is 0 Å². The van der Waals surface area contributed by atoms with Gasteiger partial charge >= 0.3 is 0 Å². The summed E-state index contributed by atoms with van der Waals surface area (Å²) in [6, 6.07) is 13.3. The summed E-state index contributed by atoms with van der Waals surface area (Å²) in [6.45, 7) is 1.75. The molecular formula is C14H12BrNO2. The number of nitro groups is 1. The maximum Gasteiger partial charge on any atom is 0.272 e. The summed E-state index contributed by atoms with van der Waals surface area (Å²) in [4.78, 5) is 10.5. The van der Waals surface area contributed by atoms with E-state index in [2.05, 4.69) is 15.9 Å². The Bertz CT molecular complexity index is 579. The van der Waals surface area contributed by atoms with Gasteiger partial charge in [-0.25, -0.2) is 0 Å². The van der Waals surface area contributed by atoms with Crippen LogP contribution in [0.1, 0.15) is 16.7 Å². The van der Waals surface area contributed by atoms with Crippen LogP contribution in [-0.4, -0.2) is 4.92 Å². The van der Waals surface area contributed by atoms with E-state index in [1.54, 1.807) is 19.1 Å². The summed E-state index contributed by atoms with van der Waals surface area (Å²) in [6.07, 6.45) is 0.703. The molecule has 0 aliphatic heterocycles. The van der Waals surface area contributed by atoms with Crippen LogP contribution < -0.4 is 0 Å². The lowest BCUT2D eigenvalue weighted by molar-refractivity contribution is -0.385. The van der Waals surface area contributed by atoms with E-state index in [1.165, 1.54) is 0 Å². The predicted molar refractivity (Wildman–Crippen MR) is 74.8 cm³/mol. The zero-order valence-electron chi connectivity index (χ0n) is 9.89. The lowest BCUT2D eigenvalue weighted by Crippen LogP contribution is -1.95. The maximum absolute atomic E-state index is 10.9. The molecule has 0 aromatic heterocycles. The topological polar surface area (TPSA) is 43.1 Å². The van der Waals surface area contributed by atoms with Crippen LogP contribution in [0.3, 0.4) is 0 Å². The van der Waals surface area contributed by atoms with Crippen molar-refractivity contribution in [2.45, 2.75) is 13.3 Å². The first-order valence-corrected chi connectivity index (χ1v) is 6.34. The van der Waals surface area contributed by atoms with Crippen LogP contribution in [0.25, 0.3) is 0 Å². The molecule has 0 N–H and O–H groups in total. The van der Waals surface area contributed by atoms with E-state index >= 15 is 0 Å². The molecule has 0 aliphatic carbocycles. The quantitative estimate of drug-likeness (QED) is 0.628. The number of hydrogen-bond acceptors (Lipinski definition) is 2. The van der Waals surface area contributed by atoms with Crippen molar-refractivity contribution in [2.24, 2.45) is 0 Å². The molecule has 0 radical (unpaired) electrons. The molecule has 0 heterocycles. The van der Waals surface area contributed by atoms with Crippen molar-refractivity contribution in [2.75, 3.05) is 0 Å². The highest BCUT2D eigenvalue weighted by molar-refractivity contribution is 9.10. The van der Waals surface area contributed by atoms with Crippen LogP contribution >= 0.6 is 15.9 Å². The Balaban J connectivity index is 2.27. The summed E-state index contributed by atoms with van der Waals surface area (Å²) in [5, 5.41) is 10.9. The fourth-order valence-corrected chi connectivity index (χ4v) is 2.06. The van der Waals surface area contributed by atoms with E-state index in [0.29, 0.717) is 12.0 Å². The van der Waals surface area contributed by atoms with E-state index in [9.17, 15) is 10.1 Å². The first kappa shape index (κ1) is 12.8. The van der Waals surface area contributed by atoms with Gasteiger partial charge in [0, 0.05) is 16.1 Å². The van der Waals surface area contributed by atoms with Crippen LogP contribution in [0, 0.1) is 17.0 Å². The van der Waals surface area contributed by atoms with E-state index in [4.69, 9.17) is 0 Å². The molecule has 0 unspecified atom stereocenters. The lowest BCUT2D eigenvalue weighted by atomic mass is 10.0. The third-order valence-corrected chi connectivity index (χ3v) is 3.32. The van der Waals surface area contributed by atoms with Gasteiger partial charge in [-0.15, -0.1) is 0 Å². The van der Waals surface area contributed by atoms with E-state index < -0.39 is 0 Å². The molecule has 0 spiro atoms. The van der Waals surface area contributed by atoms with Crippen LogP contribution in [0.4, 0.5) is 5.69 Å². The summed E-state index contributed by atoms with van der Waals surface area (Å²) in [5.41, 5.74) is 2.97. The molecule has 18 heavy (non-hydrogen) atoms. The number of rotatable bonds is 3. The molecular weight excluding hydrogens is 294 g/mol. The maximum atomic E-state index is 10.9. The highest BCUT2D eigenvalue weighted by atomic mass is 79.9. The largest absolute Gasteiger partial charge is 0.272 e. The smallest absolute Gasteiger partial charge is 0.258 e. The van der Waals surface area contributed by atoms with Crippen LogP contribution in [0.2, 0.25) is 0 Å². The van der Waals surface area contributed by atoms with Gasteiger partial charge in [0.05, 0.1) is 4.92 Å². The highest BCUT2D eigenvalue weighted by Gasteiger charge is 2.10. The molecule has 2 rings (SSSR count). The van der Waals surface area contributed by atoms with Gasteiger partial charge in [0.1, 0.15) is 0 Å². The van der Waals surface area contributed by atoms with Crippen LogP contribution in [0.5, 0.6) is 0 Å². The molecule has 0 aliphatic rings. The van der Waals surface area contributed by atoms with Crippen molar-refractivity contribution in [1.29, 1.82) is 0 Å². The number of aryl methyl sites for hydroxylation is 1. The van der Waals surface area contributed by atoms with Gasteiger partial charge in [0.2, 0.25) is 0 Å². The van der Waals surface area contributed by atoms with Crippen molar-refractivity contribution in [3.8, 4) is 0 Å². The molecule has 2 aromatic carbocycles. The zero-order chi connectivity index (χ0) is 13.1. The number of halogens is 1. The van der Waals surface area contributed by atoms with E-state index in [-0.39, 0.29) is 10.6 Å². The second-order valence-corrected chi connectivity index (χ2v) is 5.10. The Hall–Kier alpha value is -1.68.